The summed E-state index contributed by atoms with van der Waals surface area (Å²) in [6, 6.07) is 4.23. The SMILES string of the molecule is CC(C)(C)OC(=O)N(CCOCCN)CCOCCOCC(=O)Nc1cccc2c1CN(C1CCC(=O)NC1=O)C2=O. The lowest BCUT2D eigenvalue weighted by molar-refractivity contribution is -0.137. The molecule has 14 heteroatoms. The summed E-state index contributed by atoms with van der Waals surface area (Å²) in [4.78, 5) is 64.6. The minimum absolute atomic E-state index is 0.144. The highest BCUT2D eigenvalue weighted by molar-refractivity contribution is 6.06. The van der Waals surface area contributed by atoms with Crippen molar-refractivity contribution in [3.8, 4) is 0 Å². The molecule has 2 heterocycles. The van der Waals surface area contributed by atoms with Crippen molar-refractivity contribution in [2.75, 3.05) is 64.6 Å². The molecule has 1 fully saturated rings. The monoisotopic (exact) mass is 591 g/mol. The fourth-order valence-electron chi connectivity index (χ4n) is 4.43. The fourth-order valence-corrected chi connectivity index (χ4v) is 4.43. The quantitative estimate of drug-likeness (QED) is 0.194. The van der Waals surface area contributed by atoms with Gasteiger partial charge in [0.2, 0.25) is 17.7 Å². The van der Waals surface area contributed by atoms with Crippen molar-refractivity contribution in [3.63, 3.8) is 0 Å². The van der Waals surface area contributed by atoms with E-state index in [1.54, 1.807) is 39.0 Å². The molecule has 1 aromatic rings. The molecule has 42 heavy (non-hydrogen) atoms. The van der Waals surface area contributed by atoms with Crippen LogP contribution in [0.15, 0.2) is 18.2 Å². The van der Waals surface area contributed by atoms with Gasteiger partial charge in [0.05, 0.1) is 33.0 Å². The van der Waals surface area contributed by atoms with Gasteiger partial charge < -0.3 is 39.8 Å². The molecule has 2 aliphatic heterocycles. The van der Waals surface area contributed by atoms with Gasteiger partial charge in [0, 0.05) is 49.4 Å². The van der Waals surface area contributed by atoms with Crippen LogP contribution < -0.4 is 16.4 Å². The maximum absolute atomic E-state index is 12.9. The largest absolute Gasteiger partial charge is 0.444 e. The topological polar surface area (TPSA) is 179 Å². The maximum Gasteiger partial charge on any atom is 0.410 e. The first-order valence-electron chi connectivity index (χ1n) is 14.0. The van der Waals surface area contributed by atoms with Gasteiger partial charge in [-0.1, -0.05) is 6.07 Å². The van der Waals surface area contributed by atoms with Gasteiger partial charge in [-0.2, -0.15) is 0 Å². The van der Waals surface area contributed by atoms with Crippen LogP contribution in [0.2, 0.25) is 0 Å². The van der Waals surface area contributed by atoms with E-state index in [1.165, 1.54) is 9.80 Å². The average molecular weight is 592 g/mol. The molecule has 14 nitrogen and oxygen atoms in total. The van der Waals surface area contributed by atoms with Gasteiger partial charge in [-0.05, 0) is 39.3 Å². The number of carbonyl (C=O) groups is 5. The summed E-state index contributed by atoms with van der Waals surface area (Å²) in [7, 11) is 0. The van der Waals surface area contributed by atoms with E-state index in [0.29, 0.717) is 43.1 Å². The number of nitrogens with zero attached hydrogens (tertiary/aromatic N) is 2. The summed E-state index contributed by atoms with van der Waals surface area (Å²) in [6.07, 6.45) is -0.0536. The molecule has 3 rings (SSSR count). The molecule has 2 aliphatic rings. The van der Waals surface area contributed by atoms with Crippen LogP contribution in [0, 0.1) is 0 Å². The highest BCUT2D eigenvalue weighted by Gasteiger charge is 2.40. The van der Waals surface area contributed by atoms with Crippen LogP contribution in [-0.2, 0) is 39.9 Å². The number of piperidine rings is 1. The van der Waals surface area contributed by atoms with E-state index in [2.05, 4.69) is 10.6 Å². The summed E-state index contributed by atoms with van der Waals surface area (Å²) in [5, 5.41) is 5.04. The summed E-state index contributed by atoms with van der Waals surface area (Å²) in [5.74, 6) is -1.59. The molecule has 0 radical (unpaired) electrons. The minimum atomic E-state index is -0.741. The third-order valence-corrected chi connectivity index (χ3v) is 6.39. The van der Waals surface area contributed by atoms with Crippen LogP contribution >= 0.6 is 0 Å². The summed E-state index contributed by atoms with van der Waals surface area (Å²) < 4.78 is 21.8. The van der Waals surface area contributed by atoms with E-state index < -0.39 is 29.6 Å². The molecule has 4 N–H and O–H groups in total. The number of hydrogen-bond donors (Lipinski definition) is 3. The molecule has 1 aromatic carbocycles. The van der Waals surface area contributed by atoms with Gasteiger partial charge in [0.25, 0.3) is 5.91 Å². The first-order chi connectivity index (χ1) is 20.0. The maximum atomic E-state index is 12.9. The van der Waals surface area contributed by atoms with E-state index in [4.69, 9.17) is 24.7 Å². The number of carbonyl (C=O) groups excluding carboxylic acids is 5. The molecule has 1 atom stereocenters. The van der Waals surface area contributed by atoms with E-state index in [9.17, 15) is 24.0 Å². The standard InChI is InChI=1S/C28H41N5O9/c1-28(2,3)42-27(38)32(10-13-39-12-9-29)11-14-40-15-16-41-18-24(35)30-21-6-4-5-19-20(21)17-33(26(19)37)22-7-8-23(34)31-25(22)36/h4-6,22H,7-18,29H2,1-3H3,(H,30,35)(H,31,34,36). The second kappa shape index (κ2) is 15.6. The van der Waals surface area contributed by atoms with E-state index >= 15 is 0 Å². The molecule has 5 amide bonds. The Hall–Kier alpha value is -3.59. The number of nitrogens with one attached hydrogen (secondary N) is 2. The summed E-state index contributed by atoms with van der Waals surface area (Å²) in [6.45, 7) is 7.59. The molecule has 1 saturated heterocycles. The third-order valence-electron chi connectivity index (χ3n) is 6.39. The Balaban J connectivity index is 1.39. The molecule has 0 saturated carbocycles. The highest BCUT2D eigenvalue weighted by atomic mass is 16.6. The number of fused-ring (bicyclic) bond motifs is 1. The Labute approximate surface area is 245 Å². The number of benzene rings is 1. The molecule has 0 bridgehead atoms. The fraction of sp³-hybridized carbons (Fsp3) is 0.607. The lowest BCUT2D eigenvalue weighted by atomic mass is 10.0. The third kappa shape index (κ3) is 9.76. The molecule has 0 aliphatic carbocycles. The molecular formula is C28H41N5O9. The number of hydrogen-bond acceptors (Lipinski definition) is 10. The zero-order valence-corrected chi connectivity index (χ0v) is 24.4. The minimum Gasteiger partial charge on any atom is -0.444 e. The van der Waals surface area contributed by atoms with Crippen LogP contribution in [0.3, 0.4) is 0 Å². The van der Waals surface area contributed by atoms with E-state index in [-0.39, 0.29) is 64.2 Å². The van der Waals surface area contributed by atoms with Gasteiger partial charge >= 0.3 is 6.09 Å². The van der Waals surface area contributed by atoms with Crippen molar-refractivity contribution in [1.82, 2.24) is 15.1 Å². The van der Waals surface area contributed by atoms with Crippen LogP contribution in [0.1, 0.15) is 49.5 Å². The van der Waals surface area contributed by atoms with Crippen molar-refractivity contribution in [2.45, 2.75) is 51.8 Å². The smallest absolute Gasteiger partial charge is 0.410 e. The first kappa shape index (κ1) is 32.9. The van der Waals surface area contributed by atoms with Crippen molar-refractivity contribution < 1.29 is 42.9 Å². The molecule has 232 valence electrons. The number of anilines is 1. The lowest BCUT2D eigenvalue weighted by Crippen LogP contribution is -2.52. The van der Waals surface area contributed by atoms with Gasteiger partial charge in [0.15, 0.2) is 0 Å². The first-order valence-corrected chi connectivity index (χ1v) is 14.0. The van der Waals surface area contributed by atoms with Gasteiger partial charge in [0.1, 0.15) is 18.2 Å². The highest BCUT2D eigenvalue weighted by Crippen LogP contribution is 2.32. The second-order valence-electron chi connectivity index (χ2n) is 10.8. The number of imide groups is 1. The Bertz CT molecular complexity index is 1140. The number of nitrogens with two attached hydrogens (primary N) is 1. The van der Waals surface area contributed by atoms with Gasteiger partial charge in [-0.25, -0.2) is 4.79 Å². The van der Waals surface area contributed by atoms with Gasteiger partial charge in [-0.3, -0.25) is 24.5 Å². The van der Waals surface area contributed by atoms with Crippen LogP contribution in [0.4, 0.5) is 10.5 Å². The van der Waals surface area contributed by atoms with Crippen molar-refractivity contribution in [2.24, 2.45) is 5.73 Å². The normalized spacial score (nSPS) is 16.7. The van der Waals surface area contributed by atoms with Gasteiger partial charge in [-0.15, -0.1) is 0 Å². The van der Waals surface area contributed by atoms with Crippen molar-refractivity contribution in [3.05, 3.63) is 29.3 Å². The lowest BCUT2D eigenvalue weighted by Gasteiger charge is -2.29. The van der Waals surface area contributed by atoms with E-state index in [0.717, 1.165) is 0 Å². The molecular weight excluding hydrogens is 550 g/mol. The summed E-state index contributed by atoms with van der Waals surface area (Å²) >= 11 is 0. The van der Waals surface area contributed by atoms with Crippen LogP contribution in [0.5, 0.6) is 0 Å². The predicted molar refractivity (Wildman–Crippen MR) is 150 cm³/mol. The average Bonchev–Trinajstić information content (AvgIpc) is 3.25. The Morgan fingerprint density at radius 3 is 2.40 bits per heavy atom. The molecule has 0 aromatic heterocycles. The summed E-state index contributed by atoms with van der Waals surface area (Å²) in [5.41, 5.74) is 6.25. The molecule has 1 unspecified atom stereocenters. The van der Waals surface area contributed by atoms with Crippen LogP contribution in [-0.4, -0.2) is 110 Å². The van der Waals surface area contributed by atoms with Crippen molar-refractivity contribution >= 4 is 35.4 Å². The zero-order chi connectivity index (χ0) is 30.7. The number of ether oxygens (including phenoxy) is 4. The Kier molecular flexibility index (Phi) is 12.2. The Morgan fingerprint density at radius 2 is 1.74 bits per heavy atom. The second-order valence-corrected chi connectivity index (χ2v) is 10.8. The molecule has 0 spiro atoms. The van der Waals surface area contributed by atoms with E-state index in [1.807, 2.05) is 0 Å². The number of rotatable bonds is 15. The zero-order valence-electron chi connectivity index (χ0n) is 24.4. The van der Waals surface area contributed by atoms with Crippen LogP contribution in [0.25, 0.3) is 0 Å². The number of amides is 5. The predicted octanol–water partition coefficient (Wildman–Crippen LogP) is 0.632. The Morgan fingerprint density at radius 1 is 1.05 bits per heavy atom. The van der Waals surface area contributed by atoms with Crippen molar-refractivity contribution in [1.29, 1.82) is 0 Å².